The smallest absolute Gasteiger partial charge is 0.210 e. The molecular formula is C16H16N4S. The van der Waals surface area contributed by atoms with Crippen LogP contribution in [0.2, 0.25) is 0 Å². The Labute approximate surface area is 128 Å². The summed E-state index contributed by atoms with van der Waals surface area (Å²) < 4.78 is 1.56. The summed E-state index contributed by atoms with van der Waals surface area (Å²) in [4.78, 5) is 0. The highest BCUT2D eigenvalue weighted by Crippen LogP contribution is 2.24. The molecule has 1 heterocycles. The first-order chi connectivity index (χ1) is 10.2. The third-order valence-corrected chi connectivity index (χ3v) is 4.17. The summed E-state index contributed by atoms with van der Waals surface area (Å²) in [5.74, 6) is 7.63. The summed E-state index contributed by atoms with van der Waals surface area (Å²) in [6, 6.07) is 18.3. The molecule has 5 heteroatoms. The van der Waals surface area contributed by atoms with E-state index in [2.05, 4.69) is 28.4 Å². The Kier molecular flexibility index (Phi) is 3.92. The summed E-state index contributed by atoms with van der Waals surface area (Å²) in [6.07, 6.45) is 0. The molecule has 0 unspecified atom stereocenters. The van der Waals surface area contributed by atoms with E-state index in [0.29, 0.717) is 5.82 Å². The van der Waals surface area contributed by atoms with Crippen LogP contribution >= 0.6 is 11.8 Å². The van der Waals surface area contributed by atoms with Crippen LogP contribution in [0.3, 0.4) is 0 Å². The predicted molar refractivity (Wildman–Crippen MR) is 86.3 cm³/mol. The lowest BCUT2D eigenvalue weighted by molar-refractivity contribution is 0.849. The van der Waals surface area contributed by atoms with E-state index in [0.717, 1.165) is 16.5 Å². The van der Waals surface area contributed by atoms with Gasteiger partial charge < -0.3 is 5.84 Å². The summed E-state index contributed by atoms with van der Waals surface area (Å²) in [5, 5.41) is 9.11. The fourth-order valence-electron chi connectivity index (χ4n) is 2.08. The van der Waals surface area contributed by atoms with Crippen molar-refractivity contribution in [2.24, 2.45) is 0 Å². The summed E-state index contributed by atoms with van der Waals surface area (Å²) in [6.45, 7) is 2.05. The standard InChI is InChI=1S/C16H16N4S/c1-12-6-5-9-14(10-12)15-18-19-16(20(15)17)21-11-13-7-3-2-4-8-13/h2-10H,11,17H2,1H3. The molecule has 106 valence electrons. The van der Waals surface area contributed by atoms with Crippen molar-refractivity contribution in [1.82, 2.24) is 14.9 Å². The Hall–Kier alpha value is -2.27. The van der Waals surface area contributed by atoms with Crippen molar-refractivity contribution in [2.75, 3.05) is 5.84 Å². The van der Waals surface area contributed by atoms with Gasteiger partial charge in [-0.25, -0.2) is 4.68 Å². The normalized spacial score (nSPS) is 10.7. The zero-order valence-electron chi connectivity index (χ0n) is 11.7. The molecule has 0 bridgehead atoms. The average molecular weight is 296 g/mol. The van der Waals surface area contributed by atoms with Gasteiger partial charge in [-0.05, 0) is 18.6 Å². The van der Waals surface area contributed by atoms with Gasteiger partial charge in [0.1, 0.15) is 0 Å². The lowest BCUT2D eigenvalue weighted by atomic mass is 10.1. The van der Waals surface area contributed by atoms with Crippen molar-refractivity contribution < 1.29 is 0 Å². The molecule has 0 saturated carbocycles. The highest BCUT2D eigenvalue weighted by molar-refractivity contribution is 7.98. The Morgan fingerprint density at radius 2 is 1.86 bits per heavy atom. The van der Waals surface area contributed by atoms with Gasteiger partial charge in [-0.15, -0.1) is 10.2 Å². The number of benzene rings is 2. The molecule has 0 aliphatic carbocycles. The number of nitrogens with two attached hydrogens (primary N) is 1. The van der Waals surface area contributed by atoms with Crippen molar-refractivity contribution in [3.05, 3.63) is 65.7 Å². The Morgan fingerprint density at radius 3 is 2.62 bits per heavy atom. The van der Waals surface area contributed by atoms with Crippen molar-refractivity contribution in [2.45, 2.75) is 17.8 Å². The van der Waals surface area contributed by atoms with E-state index in [1.165, 1.54) is 11.1 Å². The van der Waals surface area contributed by atoms with Crippen LogP contribution in [0.1, 0.15) is 11.1 Å². The average Bonchev–Trinajstić information content (AvgIpc) is 2.87. The van der Waals surface area contributed by atoms with Crippen molar-refractivity contribution in [1.29, 1.82) is 0 Å². The quantitative estimate of drug-likeness (QED) is 0.593. The highest BCUT2D eigenvalue weighted by Gasteiger charge is 2.12. The number of nitrogens with zero attached hydrogens (tertiary/aromatic N) is 3. The van der Waals surface area contributed by atoms with Gasteiger partial charge in [0.15, 0.2) is 5.82 Å². The molecule has 2 N–H and O–H groups in total. The number of hydrogen-bond acceptors (Lipinski definition) is 4. The zero-order chi connectivity index (χ0) is 14.7. The van der Waals surface area contributed by atoms with Gasteiger partial charge in [-0.1, -0.05) is 65.9 Å². The second-order valence-electron chi connectivity index (χ2n) is 4.82. The maximum absolute atomic E-state index is 6.12. The summed E-state index contributed by atoms with van der Waals surface area (Å²) in [7, 11) is 0. The van der Waals surface area contributed by atoms with E-state index in [1.54, 1.807) is 16.4 Å². The van der Waals surface area contributed by atoms with Crippen LogP contribution in [0, 0.1) is 6.92 Å². The lowest BCUT2D eigenvalue weighted by Crippen LogP contribution is -2.11. The molecule has 21 heavy (non-hydrogen) atoms. The van der Waals surface area contributed by atoms with Gasteiger partial charge in [0.2, 0.25) is 5.16 Å². The first kappa shape index (κ1) is 13.7. The number of nitrogen functional groups attached to an aromatic ring is 1. The molecule has 0 fully saturated rings. The Bertz CT molecular complexity index is 737. The second-order valence-corrected chi connectivity index (χ2v) is 5.76. The topological polar surface area (TPSA) is 56.7 Å². The largest absolute Gasteiger partial charge is 0.335 e. The van der Waals surface area contributed by atoms with Gasteiger partial charge in [0.05, 0.1) is 0 Å². The first-order valence-electron chi connectivity index (χ1n) is 6.68. The van der Waals surface area contributed by atoms with Crippen molar-refractivity contribution >= 4 is 11.8 Å². The van der Waals surface area contributed by atoms with Gasteiger partial charge in [-0.2, -0.15) is 0 Å². The van der Waals surface area contributed by atoms with Gasteiger partial charge in [0, 0.05) is 11.3 Å². The van der Waals surface area contributed by atoms with E-state index in [-0.39, 0.29) is 0 Å². The maximum Gasteiger partial charge on any atom is 0.210 e. The number of aromatic nitrogens is 3. The van der Waals surface area contributed by atoms with E-state index >= 15 is 0 Å². The first-order valence-corrected chi connectivity index (χ1v) is 7.67. The highest BCUT2D eigenvalue weighted by atomic mass is 32.2. The third-order valence-electron chi connectivity index (χ3n) is 3.15. The number of thioether (sulfide) groups is 1. The summed E-state index contributed by atoms with van der Waals surface area (Å²) in [5.41, 5.74) is 3.40. The minimum absolute atomic E-state index is 0.689. The Balaban J connectivity index is 1.80. The molecule has 2 aromatic carbocycles. The van der Waals surface area contributed by atoms with Crippen LogP contribution in [0.5, 0.6) is 0 Å². The van der Waals surface area contributed by atoms with Crippen molar-refractivity contribution in [3.63, 3.8) is 0 Å². The van der Waals surface area contributed by atoms with Gasteiger partial charge in [0.25, 0.3) is 0 Å². The minimum Gasteiger partial charge on any atom is -0.335 e. The molecule has 0 amide bonds. The second kappa shape index (κ2) is 6.01. The van der Waals surface area contributed by atoms with Crippen molar-refractivity contribution in [3.8, 4) is 11.4 Å². The molecule has 0 aliphatic rings. The molecule has 0 atom stereocenters. The lowest BCUT2D eigenvalue weighted by Gasteiger charge is -2.04. The van der Waals surface area contributed by atoms with Crippen LogP contribution < -0.4 is 5.84 Å². The fraction of sp³-hybridized carbons (Fsp3) is 0.125. The van der Waals surface area contributed by atoms with E-state index < -0.39 is 0 Å². The van der Waals surface area contributed by atoms with Gasteiger partial charge >= 0.3 is 0 Å². The third kappa shape index (κ3) is 3.08. The molecule has 0 radical (unpaired) electrons. The number of aryl methyl sites for hydroxylation is 1. The predicted octanol–water partition coefficient (Wildman–Crippen LogP) is 3.26. The van der Waals surface area contributed by atoms with E-state index in [4.69, 9.17) is 5.84 Å². The fourth-order valence-corrected chi connectivity index (χ4v) is 2.89. The minimum atomic E-state index is 0.689. The maximum atomic E-state index is 6.12. The van der Waals surface area contributed by atoms with Gasteiger partial charge in [-0.3, -0.25) is 0 Å². The molecule has 3 aromatic rings. The number of hydrogen-bond donors (Lipinski definition) is 1. The van der Waals surface area contributed by atoms with Crippen LogP contribution in [0.25, 0.3) is 11.4 Å². The molecule has 4 nitrogen and oxygen atoms in total. The molecular weight excluding hydrogens is 280 g/mol. The zero-order valence-corrected chi connectivity index (χ0v) is 12.5. The van der Waals surface area contributed by atoms with E-state index in [9.17, 15) is 0 Å². The molecule has 0 saturated heterocycles. The van der Waals surface area contributed by atoms with Crippen LogP contribution in [-0.2, 0) is 5.75 Å². The Morgan fingerprint density at radius 1 is 1.05 bits per heavy atom. The van der Waals surface area contributed by atoms with E-state index in [1.807, 2.05) is 43.3 Å². The SMILES string of the molecule is Cc1cccc(-c2nnc(SCc3ccccc3)n2N)c1. The molecule has 1 aromatic heterocycles. The van der Waals surface area contributed by atoms with Crippen LogP contribution in [-0.4, -0.2) is 14.9 Å². The van der Waals surface area contributed by atoms with Crippen LogP contribution in [0.4, 0.5) is 0 Å². The van der Waals surface area contributed by atoms with Crippen LogP contribution in [0.15, 0.2) is 59.8 Å². The number of rotatable bonds is 4. The monoisotopic (exact) mass is 296 g/mol. The molecule has 3 rings (SSSR count). The molecule has 0 spiro atoms. The summed E-state index contributed by atoms with van der Waals surface area (Å²) >= 11 is 1.58. The molecule has 0 aliphatic heterocycles.